The Kier molecular flexibility index (Phi) is 8.93. The summed E-state index contributed by atoms with van der Waals surface area (Å²) in [5.41, 5.74) is 5.72. The van der Waals surface area contributed by atoms with E-state index >= 15 is 0 Å². The maximum absolute atomic E-state index is 13.4. The van der Waals surface area contributed by atoms with Crippen LogP contribution in [0.3, 0.4) is 0 Å². The smallest absolute Gasteiger partial charge is 0.264 e. The topological polar surface area (TPSA) is 83.8 Å². The molecule has 0 bridgehead atoms. The summed E-state index contributed by atoms with van der Waals surface area (Å²) in [5, 5.41) is 5.31. The molecule has 7 nitrogen and oxygen atoms in total. The standard InChI is InChI=1S/C27H22Cl4N4O3S/c1-17-13-19(18(2)35(17)25-10-6-9-23(29)27(25)31)15-32-33-26(36)16-34(20-11-12-22(28)24(30)14-20)39(37,38)21-7-4-3-5-8-21/h3-15H,16H2,1-2H3,(H,33,36)/b32-15+. The molecule has 1 heterocycles. The highest BCUT2D eigenvalue weighted by molar-refractivity contribution is 7.92. The molecule has 202 valence electrons. The molecule has 0 unspecified atom stereocenters. The number of benzene rings is 3. The van der Waals surface area contributed by atoms with Crippen molar-refractivity contribution in [2.45, 2.75) is 18.7 Å². The number of nitrogens with one attached hydrogen (secondary N) is 1. The number of amides is 1. The van der Waals surface area contributed by atoms with Crippen molar-refractivity contribution in [3.05, 3.63) is 110 Å². The summed E-state index contributed by atoms with van der Waals surface area (Å²) < 4.78 is 29.8. The van der Waals surface area contributed by atoms with E-state index in [1.165, 1.54) is 36.5 Å². The number of anilines is 1. The summed E-state index contributed by atoms with van der Waals surface area (Å²) in [5.74, 6) is -0.663. The van der Waals surface area contributed by atoms with Crippen molar-refractivity contribution in [2.24, 2.45) is 5.10 Å². The molecule has 0 aliphatic heterocycles. The second-order valence-corrected chi connectivity index (χ2v) is 11.9. The molecule has 1 aromatic heterocycles. The fraction of sp³-hybridized carbons (Fsp3) is 0.111. The van der Waals surface area contributed by atoms with Crippen LogP contribution in [0.5, 0.6) is 0 Å². The number of aromatic nitrogens is 1. The zero-order chi connectivity index (χ0) is 28.3. The van der Waals surface area contributed by atoms with E-state index in [1.807, 2.05) is 30.5 Å². The molecular formula is C27H22Cl4N4O3S. The average molecular weight is 624 g/mol. The van der Waals surface area contributed by atoms with Gasteiger partial charge in [0.1, 0.15) is 6.54 Å². The van der Waals surface area contributed by atoms with Crippen LogP contribution in [-0.2, 0) is 14.8 Å². The maximum atomic E-state index is 13.4. The quantitative estimate of drug-likeness (QED) is 0.169. The summed E-state index contributed by atoms with van der Waals surface area (Å²) in [4.78, 5) is 12.9. The Hall–Kier alpha value is -3.01. The van der Waals surface area contributed by atoms with Crippen LogP contribution in [-0.4, -0.2) is 31.7 Å². The molecule has 0 saturated heterocycles. The normalized spacial score (nSPS) is 11.6. The molecular weight excluding hydrogens is 602 g/mol. The van der Waals surface area contributed by atoms with Crippen molar-refractivity contribution < 1.29 is 13.2 Å². The molecule has 4 aromatic rings. The first-order chi connectivity index (χ1) is 18.5. The van der Waals surface area contributed by atoms with Gasteiger partial charge in [0, 0.05) is 17.0 Å². The highest BCUT2D eigenvalue weighted by Gasteiger charge is 2.27. The van der Waals surface area contributed by atoms with Crippen LogP contribution in [0.25, 0.3) is 5.69 Å². The Morgan fingerprint density at radius 1 is 0.923 bits per heavy atom. The van der Waals surface area contributed by atoms with Gasteiger partial charge in [-0.25, -0.2) is 13.8 Å². The van der Waals surface area contributed by atoms with Crippen molar-refractivity contribution >= 4 is 74.2 Å². The van der Waals surface area contributed by atoms with Crippen LogP contribution in [0.4, 0.5) is 5.69 Å². The second kappa shape index (κ2) is 12.0. The Bertz CT molecular complexity index is 1670. The van der Waals surface area contributed by atoms with Gasteiger partial charge in [-0.2, -0.15) is 5.10 Å². The number of carbonyl (C=O) groups is 1. The molecule has 0 fully saturated rings. The summed E-state index contributed by atoms with van der Waals surface area (Å²) in [6, 6.07) is 19.3. The van der Waals surface area contributed by atoms with Crippen LogP contribution < -0.4 is 9.73 Å². The summed E-state index contributed by atoms with van der Waals surface area (Å²) in [7, 11) is -4.11. The Balaban J connectivity index is 1.58. The van der Waals surface area contributed by atoms with E-state index in [4.69, 9.17) is 46.4 Å². The Morgan fingerprint density at radius 3 is 2.33 bits per heavy atom. The van der Waals surface area contributed by atoms with Crippen LogP contribution in [0.2, 0.25) is 20.1 Å². The minimum atomic E-state index is -4.11. The van der Waals surface area contributed by atoms with E-state index in [9.17, 15) is 13.2 Å². The molecule has 12 heteroatoms. The first kappa shape index (κ1) is 29.0. The summed E-state index contributed by atoms with van der Waals surface area (Å²) in [6.45, 7) is 3.24. The van der Waals surface area contributed by atoms with Gasteiger partial charge in [0.15, 0.2) is 0 Å². The predicted octanol–water partition coefficient (Wildman–Crippen LogP) is 7.05. The number of sulfonamides is 1. The highest BCUT2D eigenvalue weighted by atomic mass is 35.5. The highest BCUT2D eigenvalue weighted by Crippen LogP contribution is 2.32. The van der Waals surface area contributed by atoms with Gasteiger partial charge in [0.05, 0.1) is 42.6 Å². The lowest BCUT2D eigenvalue weighted by atomic mass is 10.2. The molecule has 39 heavy (non-hydrogen) atoms. The largest absolute Gasteiger partial charge is 0.316 e. The number of hydrazone groups is 1. The van der Waals surface area contributed by atoms with Crippen molar-refractivity contribution in [2.75, 3.05) is 10.8 Å². The third-order valence-electron chi connectivity index (χ3n) is 5.84. The number of halogens is 4. The summed E-state index contributed by atoms with van der Waals surface area (Å²) >= 11 is 24.8. The van der Waals surface area contributed by atoms with Crippen LogP contribution >= 0.6 is 46.4 Å². The van der Waals surface area contributed by atoms with Gasteiger partial charge < -0.3 is 4.57 Å². The van der Waals surface area contributed by atoms with Crippen LogP contribution in [0, 0.1) is 13.8 Å². The molecule has 1 N–H and O–H groups in total. The fourth-order valence-corrected chi connectivity index (χ4v) is 6.07. The predicted molar refractivity (Wildman–Crippen MR) is 158 cm³/mol. The van der Waals surface area contributed by atoms with Gasteiger partial charge in [0.25, 0.3) is 15.9 Å². The molecule has 0 saturated carbocycles. The zero-order valence-corrected chi connectivity index (χ0v) is 24.5. The van der Waals surface area contributed by atoms with Crippen LogP contribution in [0.1, 0.15) is 17.0 Å². The molecule has 0 aliphatic rings. The Labute approximate surface area is 246 Å². The van der Waals surface area contributed by atoms with Crippen LogP contribution in [0.15, 0.2) is 82.8 Å². The number of hydrogen-bond donors (Lipinski definition) is 1. The van der Waals surface area contributed by atoms with Crippen molar-refractivity contribution in [3.63, 3.8) is 0 Å². The fourth-order valence-electron chi connectivity index (χ4n) is 3.97. The number of rotatable bonds is 8. The van der Waals surface area contributed by atoms with Gasteiger partial charge in [0.2, 0.25) is 0 Å². The van der Waals surface area contributed by atoms with Gasteiger partial charge >= 0.3 is 0 Å². The Morgan fingerprint density at radius 2 is 1.64 bits per heavy atom. The molecule has 3 aromatic carbocycles. The number of carbonyl (C=O) groups excluding carboxylic acids is 1. The van der Waals surface area contributed by atoms with E-state index in [0.717, 1.165) is 21.3 Å². The molecule has 0 radical (unpaired) electrons. The van der Waals surface area contributed by atoms with Crippen molar-refractivity contribution in [1.29, 1.82) is 0 Å². The van der Waals surface area contributed by atoms with Crippen molar-refractivity contribution in [3.8, 4) is 5.69 Å². The lowest BCUT2D eigenvalue weighted by molar-refractivity contribution is -0.119. The number of nitrogens with zero attached hydrogens (tertiary/aromatic N) is 3. The van der Waals surface area contributed by atoms with E-state index in [-0.39, 0.29) is 20.6 Å². The van der Waals surface area contributed by atoms with E-state index in [2.05, 4.69) is 10.5 Å². The summed E-state index contributed by atoms with van der Waals surface area (Å²) in [6.07, 6.45) is 1.48. The maximum Gasteiger partial charge on any atom is 0.264 e. The van der Waals surface area contributed by atoms with Crippen molar-refractivity contribution in [1.82, 2.24) is 9.99 Å². The van der Waals surface area contributed by atoms with Gasteiger partial charge in [-0.3, -0.25) is 9.10 Å². The second-order valence-electron chi connectivity index (χ2n) is 8.45. The molecule has 0 aliphatic carbocycles. The third kappa shape index (κ3) is 6.26. The van der Waals surface area contributed by atoms with Gasteiger partial charge in [-0.05, 0) is 62.4 Å². The molecule has 4 rings (SSSR count). The lowest BCUT2D eigenvalue weighted by Gasteiger charge is -2.24. The number of aryl methyl sites for hydroxylation is 1. The SMILES string of the molecule is Cc1cc(/C=N/NC(=O)CN(c2ccc(Cl)c(Cl)c2)S(=O)(=O)c2ccccc2)c(C)n1-c1cccc(Cl)c1Cl. The minimum absolute atomic E-state index is 0.0134. The average Bonchev–Trinajstić information content (AvgIpc) is 3.19. The minimum Gasteiger partial charge on any atom is -0.316 e. The molecule has 1 amide bonds. The lowest BCUT2D eigenvalue weighted by Crippen LogP contribution is -2.39. The molecule has 0 atom stereocenters. The third-order valence-corrected chi connectivity index (χ3v) is 9.18. The first-order valence-electron chi connectivity index (χ1n) is 11.5. The zero-order valence-electron chi connectivity index (χ0n) is 20.7. The first-order valence-corrected chi connectivity index (χ1v) is 14.4. The van der Waals surface area contributed by atoms with Gasteiger partial charge in [-0.15, -0.1) is 0 Å². The molecule has 0 spiro atoms. The van der Waals surface area contributed by atoms with E-state index < -0.39 is 22.5 Å². The van der Waals surface area contributed by atoms with E-state index in [1.54, 1.807) is 30.3 Å². The number of hydrogen-bond acceptors (Lipinski definition) is 4. The van der Waals surface area contributed by atoms with Gasteiger partial charge in [-0.1, -0.05) is 70.7 Å². The monoisotopic (exact) mass is 622 g/mol. The van der Waals surface area contributed by atoms with E-state index in [0.29, 0.717) is 15.7 Å².